The second kappa shape index (κ2) is 5.35. The third-order valence-electron chi connectivity index (χ3n) is 2.64. The summed E-state index contributed by atoms with van der Waals surface area (Å²) in [7, 11) is 0. The number of hydrogen-bond donors (Lipinski definition) is 1. The molecule has 0 saturated carbocycles. The Labute approximate surface area is 80.5 Å². The molecule has 1 atom stereocenters. The van der Waals surface area contributed by atoms with Crippen molar-refractivity contribution in [2.45, 2.75) is 20.3 Å². The molecule has 1 heterocycles. The Morgan fingerprint density at radius 1 is 1.46 bits per heavy atom. The Hall–Kier alpha value is -0.410. The lowest BCUT2D eigenvalue weighted by Crippen LogP contribution is -2.45. The van der Waals surface area contributed by atoms with Crippen molar-refractivity contribution in [2.24, 2.45) is 5.92 Å². The molecule has 0 radical (unpaired) electrons. The lowest BCUT2D eigenvalue weighted by atomic mass is 10.0. The van der Waals surface area contributed by atoms with E-state index in [1.54, 1.807) is 0 Å². The normalized spacial score (nSPS) is 21.4. The zero-order valence-electron chi connectivity index (χ0n) is 8.68. The first-order chi connectivity index (χ1) is 6.24. The Bertz CT molecular complexity index is 164. The third kappa shape index (κ3) is 3.44. The van der Waals surface area contributed by atoms with Crippen LogP contribution < -0.4 is 5.32 Å². The molecular formula is C10H20N2O. The molecule has 13 heavy (non-hydrogen) atoms. The Morgan fingerprint density at radius 2 is 2.08 bits per heavy atom. The molecule has 0 aromatic heterocycles. The molecule has 1 rings (SSSR count). The summed E-state index contributed by atoms with van der Waals surface area (Å²) < 4.78 is 0. The predicted octanol–water partition coefficient (Wildman–Crippen LogP) is 0.507. The number of Topliss-reactive ketones (excluding diaryl/α,β-unsaturated/α-hetero) is 1. The van der Waals surface area contributed by atoms with Gasteiger partial charge in [0.15, 0.2) is 0 Å². The maximum absolute atomic E-state index is 11.3. The summed E-state index contributed by atoms with van der Waals surface area (Å²) in [5.74, 6) is 0.599. The van der Waals surface area contributed by atoms with Crippen LogP contribution in [0.2, 0.25) is 0 Å². The van der Waals surface area contributed by atoms with E-state index in [1.165, 1.54) is 0 Å². The van der Waals surface area contributed by atoms with E-state index in [0.29, 0.717) is 12.2 Å². The fourth-order valence-electron chi connectivity index (χ4n) is 1.73. The van der Waals surface area contributed by atoms with E-state index in [4.69, 9.17) is 0 Å². The zero-order valence-corrected chi connectivity index (χ0v) is 8.68. The Balaban J connectivity index is 2.25. The van der Waals surface area contributed by atoms with Gasteiger partial charge in [-0.05, 0) is 0 Å². The minimum absolute atomic E-state index is 0.211. The molecule has 0 spiro atoms. The van der Waals surface area contributed by atoms with Gasteiger partial charge in [-0.15, -0.1) is 0 Å². The molecule has 0 aromatic carbocycles. The van der Waals surface area contributed by atoms with Crippen LogP contribution in [0.3, 0.4) is 0 Å². The molecule has 1 aliphatic rings. The van der Waals surface area contributed by atoms with Crippen molar-refractivity contribution in [3.8, 4) is 0 Å². The number of carbonyl (C=O) groups is 1. The van der Waals surface area contributed by atoms with Gasteiger partial charge in [0.05, 0.1) is 0 Å². The average molecular weight is 184 g/mol. The van der Waals surface area contributed by atoms with E-state index in [1.807, 2.05) is 13.8 Å². The van der Waals surface area contributed by atoms with Gasteiger partial charge in [-0.1, -0.05) is 13.8 Å². The van der Waals surface area contributed by atoms with E-state index in [9.17, 15) is 4.79 Å². The maximum atomic E-state index is 11.3. The first kappa shape index (κ1) is 10.7. The number of carbonyl (C=O) groups excluding carboxylic acids is 1. The second-order valence-corrected chi connectivity index (χ2v) is 3.77. The van der Waals surface area contributed by atoms with Crippen molar-refractivity contribution in [3.63, 3.8) is 0 Å². The molecule has 1 fully saturated rings. The molecule has 0 bridgehead atoms. The van der Waals surface area contributed by atoms with Gasteiger partial charge in [0.25, 0.3) is 0 Å². The van der Waals surface area contributed by atoms with Crippen molar-refractivity contribution >= 4 is 5.78 Å². The highest BCUT2D eigenvalue weighted by atomic mass is 16.1. The van der Waals surface area contributed by atoms with Crippen LogP contribution in [0, 0.1) is 5.92 Å². The number of ketones is 1. The number of nitrogens with zero attached hydrogens (tertiary/aromatic N) is 1. The maximum Gasteiger partial charge on any atom is 0.136 e. The summed E-state index contributed by atoms with van der Waals surface area (Å²) in [6.07, 6.45) is 0.674. The monoisotopic (exact) mass is 184 g/mol. The van der Waals surface area contributed by atoms with Gasteiger partial charge in [0.2, 0.25) is 0 Å². The number of hydrogen-bond acceptors (Lipinski definition) is 3. The molecule has 0 aromatic rings. The van der Waals surface area contributed by atoms with Crippen molar-refractivity contribution in [3.05, 3.63) is 0 Å². The van der Waals surface area contributed by atoms with Gasteiger partial charge in [-0.25, -0.2) is 0 Å². The van der Waals surface area contributed by atoms with Gasteiger partial charge in [0, 0.05) is 45.1 Å². The smallest absolute Gasteiger partial charge is 0.136 e. The van der Waals surface area contributed by atoms with Gasteiger partial charge in [-0.3, -0.25) is 4.79 Å². The Morgan fingerprint density at radius 3 is 2.62 bits per heavy atom. The summed E-state index contributed by atoms with van der Waals surface area (Å²) in [5.41, 5.74) is 0. The van der Waals surface area contributed by atoms with Gasteiger partial charge in [0.1, 0.15) is 5.78 Å². The van der Waals surface area contributed by atoms with E-state index in [-0.39, 0.29) is 5.92 Å². The topological polar surface area (TPSA) is 32.3 Å². The highest BCUT2D eigenvalue weighted by Crippen LogP contribution is 2.04. The number of piperazine rings is 1. The molecule has 1 unspecified atom stereocenters. The molecule has 76 valence electrons. The second-order valence-electron chi connectivity index (χ2n) is 3.77. The van der Waals surface area contributed by atoms with Crippen LogP contribution >= 0.6 is 0 Å². The lowest BCUT2D eigenvalue weighted by molar-refractivity contribution is -0.122. The fourth-order valence-corrected chi connectivity index (χ4v) is 1.73. The van der Waals surface area contributed by atoms with Crippen LogP contribution in [-0.2, 0) is 4.79 Å². The summed E-state index contributed by atoms with van der Waals surface area (Å²) in [5, 5.41) is 3.30. The first-order valence-corrected chi connectivity index (χ1v) is 5.19. The molecule has 1 saturated heterocycles. The van der Waals surface area contributed by atoms with Crippen LogP contribution in [0.4, 0.5) is 0 Å². The third-order valence-corrected chi connectivity index (χ3v) is 2.64. The largest absolute Gasteiger partial charge is 0.314 e. The Kier molecular flexibility index (Phi) is 4.39. The van der Waals surface area contributed by atoms with Crippen LogP contribution in [0.15, 0.2) is 0 Å². The number of nitrogens with one attached hydrogen (secondary N) is 1. The predicted molar refractivity (Wildman–Crippen MR) is 53.8 cm³/mol. The summed E-state index contributed by atoms with van der Waals surface area (Å²) in [6, 6.07) is 0. The van der Waals surface area contributed by atoms with E-state index >= 15 is 0 Å². The minimum atomic E-state index is 0.211. The van der Waals surface area contributed by atoms with E-state index in [2.05, 4.69) is 10.2 Å². The number of rotatable bonds is 4. The summed E-state index contributed by atoms with van der Waals surface area (Å²) >= 11 is 0. The summed E-state index contributed by atoms with van der Waals surface area (Å²) in [4.78, 5) is 13.7. The van der Waals surface area contributed by atoms with Gasteiger partial charge in [-0.2, -0.15) is 0 Å². The molecule has 1 aliphatic heterocycles. The van der Waals surface area contributed by atoms with Crippen LogP contribution in [0.5, 0.6) is 0 Å². The zero-order chi connectivity index (χ0) is 9.68. The van der Waals surface area contributed by atoms with Crippen molar-refractivity contribution in [2.75, 3.05) is 32.7 Å². The molecule has 0 aliphatic carbocycles. The van der Waals surface area contributed by atoms with Crippen LogP contribution in [0.1, 0.15) is 20.3 Å². The standard InChI is InChI=1S/C10H20N2O/c1-3-10(13)9(2)8-12-6-4-11-5-7-12/h9,11H,3-8H2,1-2H3. The van der Waals surface area contributed by atoms with Gasteiger partial charge >= 0.3 is 0 Å². The van der Waals surface area contributed by atoms with E-state index < -0.39 is 0 Å². The van der Waals surface area contributed by atoms with Crippen molar-refractivity contribution in [1.29, 1.82) is 0 Å². The minimum Gasteiger partial charge on any atom is -0.314 e. The molecule has 3 heteroatoms. The molecule has 3 nitrogen and oxygen atoms in total. The summed E-state index contributed by atoms with van der Waals surface area (Å²) in [6.45, 7) is 9.21. The lowest BCUT2D eigenvalue weighted by Gasteiger charge is -2.29. The van der Waals surface area contributed by atoms with Crippen LogP contribution in [-0.4, -0.2) is 43.4 Å². The van der Waals surface area contributed by atoms with Crippen molar-refractivity contribution in [1.82, 2.24) is 10.2 Å². The molecule has 0 amide bonds. The molecule has 1 N–H and O–H groups in total. The highest BCUT2D eigenvalue weighted by molar-refractivity contribution is 5.80. The highest BCUT2D eigenvalue weighted by Gasteiger charge is 2.16. The fraction of sp³-hybridized carbons (Fsp3) is 0.900. The van der Waals surface area contributed by atoms with E-state index in [0.717, 1.165) is 32.7 Å². The van der Waals surface area contributed by atoms with Crippen LogP contribution in [0.25, 0.3) is 0 Å². The average Bonchev–Trinajstić information content (AvgIpc) is 2.18. The SMILES string of the molecule is CCC(=O)C(C)CN1CCNCC1. The van der Waals surface area contributed by atoms with Crippen molar-refractivity contribution < 1.29 is 4.79 Å². The van der Waals surface area contributed by atoms with Gasteiger partial charge < -0.3 is 10.2 Å². The first-order valence-electron chi connectivity index (χ1n) is 5.19. The quantitative estimate of drug-likeness (QED) is 0.691. The molecular weight excluding hydrogens is 164 g/mol.